The van der Waals surface area contributed by atoms with Crippen LogP contribution in [0.3, 0.4) is 0 Å². The van der Waals surface area contributed by atoms with E-state index in [1.165, 1.54) is 0 Å². The van der Waals surface area contributed by atoms with Gasteiger partial charge in [-0.05, 0) is 69.3 Å². The summed E-state index contributed by atoms with van der Waals surface area (Å²) < 4.78 is 11.2. The van der Waals surface area contributed by atoms with E-state index in [0.717, 1.165) is 17.2 Å². The third kappa shape index (κ3) is 5.72. The van der Waals surface area contributed by atoms with E-state index in [1.807, 2.05) is 69.3 Å². The molecule has 3 aromatic rings. The predicted octanol–water partition coefficient (Wildman–Crippen LogP) is 5.26. The lowest BCUT2D eigenvalue weighted by atomic mass is 10.2. The van der Waals surface area contributed by atoms with Crippen molar-refractivity contribution in [2.45, 2.75) is 26.9 Å². The molecule has 0 spiro atoms. The molecule has 0 unspecified atom stereocenters. The van der Waals surface area contributed by atoms with E-state index in [9.17, 15) is 4.79 Å². The predicted molar refractivity (Wildman–Crippen MR) is 115 cm³/mol. The Labute approximate surface area is 170 Å². The van der Waals surface area contributed by atoms with Crippen LogP contribution in [-0.4, -0.2) is 23.6 Å². The molecule has 6 nitrogen and oxygen atoms in total. The minimum atomic E-state index is -0.216. The Morgan fingerprint density at radius 3 is 2.55 bits per heavy atom. The van der Waals surface area contributed by atoms with E-state index in [4.69, 9.17) is 9.47 Å². The maximum atomic E-state index is 12.6. The minimum Gasteiger partial charge on any atom is -0.494 e. The van der Waals surface area contributed by atoms with E-state index < -0.39 is 0 Å². The number of nitrogens with zero attached hydrogens (tertiary/aromatic N) is 1. The third-order valence-corrected chi connectivity index (χ3v) is 3.96. The van der Waals surface area contributed by atoms with Gasteiger partial charge in [-0.2, -0.15) is 0 Å². The van der Waals surface area contributed by atoms with E-state index in [1.54, 1.807) is 18.3 Å². The number of nitrogens with one attached hydrogen (secondary N) is 2. The van der Waals surface area contributed by atoms with Gasteiger partial charge in [-0.3, -0.25) is 4.79 Å². The summed E-state index contributed by atoms with van der Waals surface area (Å²) in [5.74, 6) is 1.84. The first-order valence-corrected chi connectivity index (χ1v) is 9.58. The Morgan fingerprint density at radius 2 is 1.83 bits per heavy atom. The molecule has 1 aromatic heterocycles. The molecule has 150 valence electrons. The third-order valence-electron chi connectivity index (χ3n) is 3.96. The number of para-hydroxylation sites is 2. The normalized spacial score (nSPS) is 10.5. The van der Waals surface area contributed by atoms with Crippen LogP contribution < -0.4 is 20.1 Å². The number of rotatable bonds is 8. The van der Waals surface area contributed by atoms with Crippen molar-refractivity contribution in [2.75, 3.05) is 17.2 Å². The number of benzene rings is 2. The topological polar surface area (TPSA) is 72.5 Å². The Bertz CT molecular complexity index is 956. The summed E-state index contributed by atoms with van der Waals surface area (Å²) in [6, 6.07) is 18.3. The number of hydrogen-bond donors (Lipinski definition) is 2. The van der Waals surface area contributed by atoms with Gasteiger partial charge in [0.1, 0.15) is 17.3 Å². The van der Waals surface area contributed by atoms with Gasteiger partial charge in [0.05, 0.1) is 18.4 Å². The molecule has 3 rings (SSSR count). The van der Waals surface area contributed by atoms with Crippen LogP contribution in [0.2, 0.25) is 0 Å². The van der Waals surface area contributed by atoms with E-state index in [2.05, 4.69) is 15.6 Å². The van der Waals surface area contributed by atoms with E-state index in [-0.39, 0.29) is 12.0 Å². The molecular formula is C23H25N3O3. The molecule has 0 bridgehead atoms. The number of carbonyl (C=O) groups excluding carboxylic acids is 1. The van der Waals surface area contributed by atoms with E-state index in [0.29, 0.717) is 23.7 Å². The number of ether oxygens (including phenoxy) is 2. The molecule has 0 radical (unpaired) electrons. The summed E-state index contributed by atoms with van der Waals surface area (Å²) in [6.45, 7) is 6.48. The van der Waals surface area contributed by atoms with Gasteiger partial charge < -0.3 is 20.1 Å². The Morgan fingerprint density at radius 1 is 1.07 bits per heavy atom. The second-order valence-corrected chi connectivity index (χ2v) is 6.63. The fourth-order valence-electron chi connectivity index (χ4n) is 2.71. The van der Waals surface area contributed by atoms with Crippen LogP contribution in [0, 0.1) is 0 Å². The average Bonchev–Trinajstić information content (AvgIpc) is 2.71. The van der Waals surface area contributed by atoms with Gasteiger partial charge in [0.2, 0.25) is 0 Å². The van der Waals surface area contributed by atoms with Gasteiger partial charge in [-0.1, -0.05) is 12.1 Å². The quantitative estimate of drug-likeness (QED) is 0.548. The molecule has 0 aliphatic rings. The molecule has 0 aliphatic heterocycles. The molecular weight excluding hydrogens is 366 g/mol. The van der Waals surface area contributed by atoms with Gasteiger partial charge in [0.15, 0.2) is 0 Å². The maximum absolute atomic E-state index is 12.6. The second kappa shape index (κ2) is 9.59. The number of anilines is 3. The molecule has 1 heterocycles. The van der Waals surface area contributed by atoms with Gasteiger partial charge in [0.25, 0.3) is 5.91 Å². The van der Waals surface area contributed by atoms with Crippen molar-refractivity contribution in [3.05, 3.63) is 72.4 Å². The Balaban J connectivity index is 1.71. The molecule has 0 fully saturated rings. The van der Waals surface area contributed by atoms with E-state index >= 15 is 0 Å². The molecule has 29 heavy (non-hydrogen) atoms. The van der Waals surface area contributed by atoms with Crippen LogP contribution in [0.25, 0.3) is 0 Å². The van der Waals surface area contributed by atoms with Crippen LogP contribution in [0.5, 0.6) is 11.5 Å². The highest BCUT2D eigenvalue weighted by Gasteiger charge is 2.10. The fourth-order valence-corrected chi connectivity index (χ4v) is 2.71. The maximum Gasteiger partial charge on any atom is 0.255 e. The summed E-state index contributed by atoms with van der Waals surface area (Å²) >= 11 is 0. The van der Waals surface area contributed by atoms with Gasteiger partial charge in [0, 0.05) is 17.4 Å². The zero-order valence-electron chi connectivity index (χ0n) is 16.8. The molecule has 2 aromatic carbocycles. The average molecular weight is 391 g/mol. The molecule has 1 amide bonds. The molecule has 0 aliphatic carbocycles. The first-order valence-electron chi connectivity index (χ1n) is 9.58. The highest BCUT2D eigenvalue weighted by Crippen LogP contribution is 2.28. The zero-order valence-corrected chi connectivity index (χ0v) is 16.8. The number of carbonyl (C=O) groups is 1. The van der Waals surface area contributed by atoms with Crippen molar-refractivity contribution in [1.82, 2.24) is 4.98 Å². The molecule has 0 saturated carbocycles. The number of aromatic nitrogens is 1. The molecule has 2 N–H and O–H groups in total. The van der Waals surface area contributed by atoms with Crippen molar-refractivity contribution in [1.29, 1.82) is 0 Å². The van der Waals surface area contributed by atoms with Gasteiger partial charge in [-0.15, -0.1) is 0 Å². The first kappa shape index (κ1) is 20.2. The largest absolute Gasteiger partial charge is 0.494 e. The summed E-state index contributed by atoms with van der Waals surface area (Å²) in [5, 5.41) is 6.11. The smallest absolute Gasteiger partial charge is 0.255 e. The molecule has 0 atom stereocenters. The van der Waals surface area contributed by atoms with Gasteiger partial charge in [-0.25, -0.2) is 4.98 Å². The van der Waals surface area contributed by atoms with Crippen LogP contribution in [0.1, 0.15) is 31.1 Å². The highest BCUT2D eigenvalue weighted by atomic mass is 16.5. The summed E-state index contributed by atoms with van der Waals surface area (Å²) in [6.07, 6.45) is 1.65. The number of amides is 1. The van der Waals surface area contributed by atoms with Crippen molar-refractivity contribution in [3.63, 3.8) is 0 Å². The lowest BCUT2D eigenvalue weighted by Crippen LogP contribution is -2.12. The van der Waals surface area contributed by atoms with Gasteiger partial charge >= 0.3 is 0 Å². The zero-order chi connectivity index (χ0) is 20.6. The van der Waals surface area contributed by atoms with Crippen molar-refractivity contribution < 1.29 is 14.3 Å². The summed E-state index contributed by atoms with van der Waals surface area (Å²) in [4.78, 5) is 16.9. The second-order valence-electron chi connectivity index (χ2n) is 6.63. The molecule has 6 heteroatoms. The summed E-state index contributed by atoms with van der Waals surface area (Å²) in [7, 11) is 0. The first-order chi connectivity index (χ1) is 14.0. The van der Waals surface area contributed by atoms with Crippen molar-refractivity contribution in [2.24, 2.45) is 0 Å². The fraction of sp³-hybridized carbons (Fsp3) is 0.217. The Hall–Kier alpha value is -3.54. The Kier molecular flexibility index (Phi) is 6.68. The van der Waals surface area contributed by atoms with Crippen LogP contribution in [0.15, 0.2) is 66.9 Å². The number of hydrogen-bond acceptors (Lipinski definition) is 5. The highest BCUT2D eigenvalue weighted by molar-refractivity contribution is 6.04. The lowest BCUT2D eigenvalue weighted by molar-refractivity contribution is 0.102. The van der Waals surface area contributed by atoms with Crippen LogP contribution >= 0.6 is 0 Å². The van der Waals surface area contributed by atoms with Crippen molar-refractivity contribution in [3.8, 4) is 11.5 Å². The lowest BCUT2D eigenvalue weighted by Gasteiger charge is -2.15. The van der Waals surface area contributed by atoms with Crippen LogP contribution in [-0.2, 0) is 0 Å². The SMILES string of the molecule is CCOc1ccc(NC(=O)c2ccnc(Nc3ccccc3OC(C)C)c2)cc1. The standard InChI is InChI=1S/C23H25N3O3/c1-4-28-19-11-9-18(10-12-19)25-23(27)17-13-14-24-22(15-17)26-20-7-5-6-8-21(20)29-16(2)3/h5-16H,4H2,1-3H3,(H,24,26)(H,25,27). The molecule has 0 saturated heterocycles. The monoisotopic (exact) mass is 391 g/mol. The van der Waals surface area contributed by atoms with Crippen molar-refractivity contribution >= 4 is 23.1 Å². The van der Waals surface area contributed by atoms with Crippen LogP contribution in [0.4, 0.5) is 17.2 Å². The minimum absolute atomic E-state index is 0.0529. The summed E-state index contributed by atoms with van der Waals surface area (Å²) in [5.41, 5.74) is 1.98. The number of pyridine rings is 1.